The van der Waals surface area contributed by atoms with E-state index in [1.54, 1.807) is 13.0 Å². The summed E-state index contributed by atoms with van der Waals surface area (Å²) in [5.41, 5.74) is -0.884. The van der Waals surface area contributed by atoms with Gasteiger partial charge in [0.15, 0.2) is 6.10 Å². The van der Waals surface area contributed by atoms with Gasteiger partial charge in [0, 0.05) is 0 Å². The van der Waals surface area contributed by atoms with Crippen LogP contribution >= 0.6 is 0 Å². The second-order valence-electron chi connectivity index (χ2n) is 5.16. The summed E-state index contributed by atoms with van der Waals surface area (Å²) < 4.78 is 5.18. The van der Waals surface area contributed by atoms with Gasteiger partial charge in [0.1, 0.15) is 6.10 Å². The summed E-state index contributed by atoms with van der Waals surface area (Å²) >= 11 is 0. The molecule has 3 heteroatoms. The molecule has 1 rings (SSSR count). The van der Waals surface area contributed by atoms with E-state index < -0.39 is 17.5 Å². The number of carbonyl (C=O) groups is 1. The highest BCUT2D eigenvalue weighted by Crippen LogP contribution is 2.45. The Hall–Kier alpha value is -0.830. The number of hydrogen-bond acceptors (Lipinski definition) is 3. The third-order valence-corrected chi connectivity index (χ3v) is 2.84. The molecular formula is C11H18O3. The van der Waals surface area contributed by atoms with Crippen molar-refractivity contribution >= 4 is 5.97 Å². The van der Waals surface area contributed by atoms with E-state index in [0.29, 0.717) is 0 Å². The van der Waals surface area contributed by atoms with Crippen LogP contribution in [-0.2, 0) is 9.53 Å². The Morgan fingerprint density at radius 3 is 2.36 bits per heavy atom. The Bertz CT molecular complexity index is 264. The molecular weight excluding hydrogens is 180 g/mol. The van der Waals surface area contributed by atoms with Gasteiger partial charge in [0.25, 0.3) is 0 Å². The Morgan fingerprint density at radius 1 is 1.57 bits per heavy atom. The van der Waals surface area contributed by atoms with Crippen LogP contribution in [0.4, 0.5) is 0 Å². The smallest absolute Gasteiger partial charge is 0.336 e. The molecule has 80 valence electrons. The van der Waals surface area contributed by atoms with E-state index >= 15 is 0 Å². The molecule has 0 aromatic carbocycles. The van der Waals surface area contributed by atoms with Crippen molar-refractivity contribution in [3.8, 4) is 0 Å². The van der Waals surface area contributed by atoms with Gasteiger partial charge in [-0.05, 0) is 12.3 Å². The predicted octanol–water partition coefficient (Wildman–Crippen LogP) is 1.51. The van der Waals surface area contributed by atoms with E-state index in [1.165, 1.54) is 0 Å². The maximum atomic E-state index is 11.3. The maximum absolute atomic E-state index is 11.3. The number of aliphatic hydroxyl groups is 1. The summed E-state index contributed by atoms with van der Waals surface area (Å²) in [6.45, 7) is 11.4. The Labute approximate surface area is 84.8 Å². The van der Waals surface area contributed by atoms with E-state index in [2.05, 4.69) is 6.58 Å². The van der Waals surface area contributed by atoms with Crippen LogP contribution in [0, 0.1) is 10.8 Å². The molecule has 1 heterocycles. The van der Waals surface area contributed by atoms with Gasteiger partial charge < -0.3 is 9.84 Å². The highest BCUT2D eigenvalue weighted by molar-refractivity contribution is 5.79. The molecule has 1 aliphatic heterocycles. The van der Waals surface area contributed by atoms with Crippen molar-refractivity contribution in [3.05, 3.63) is 12.7 Å². The lowest BCUT2D eigenvalue weighted by Gasteiger charge is -2.36. The van der Waals surface area contributed by atoms with Crippen molar-refractivity contribution in [1.29, 1.82) is 0 Å². The lowest BCUT2D eigenvalue weighted by atomic mass is 9.70. The van der Waals surface area contributed by atoms with Gasteiger partial charge in [-0.15, -0.1) is 6.58 Å². The molecule has 0 aromatic rings. The second-order valence-corrected chi connectivity index (χ2v) is 5.16. The molecule has 0 aromatic heterocycles. The largest absolute Gasteiger partial charge is 0.459 e. The molecule has 0 spiro atoms. The SMILES string of the molecule is C=C[C@]1(C)[C@@H](C(C)(C)C)OC(=O)[C@@H]1O. The van der Waals surface area contributed by atoms with Crippen LogP contribution in [0.1, 0.15) is 27.7 Å². The molecule has 14 heavy (non-hydrogen) atoms. The Kier molecular flexibility index (Phi) is 2.48. The van der Waals surface area contributed by atoms with Crippen molar-refractivity contribution in [1.82, 2.24) is 0 Å². The fraction of sp³-hybridized carbons (Fsp3) is 0.727. The predicted molar refractivity (Wildman–Crippen MR) is 53.6 cm³/mol. The quantitative estimate of drug-likeness (QED) is 0.513. The molecule has 1 fully saturated rings. The van der Waals surface area contributed by atoms with Crippen molar-refractivity contribution in [2.75, 3.05) is 0 Å². The summed E-state index contributed by atoms with van der Waals surface area (Å²) in [6, 6.07) is 0. The molecule has 3 nitrogen and oxygen atoms in total. The lowest BCUT2D eigenvalue weighted by molar-refractivity contribution is -0.150. The molecule has 0 radical (unpaired) electrons. The number of carbonyl (C=O) groups excluding carboxylic acids is 1. The van der Waals surface area contributed by atoms with Crippen LogP contribution in [0.2, 0.25) is 0 Å². The van der Waals surface area contributed by atoms with Gasteiger partial charge in [-0.1, -0.05) is 26.8 Å². The average molecular weight is 198 g/mol. The van der Waals surface area contributed by atoms with Gasteiger partial charge in [-0.3, -0.25) is 0 Å². The van der Waals surface area contributed by atoms with Crippen molar-refractivity contribution in [3.63, 3.8) is 0 Å². The normalized spacial score (nSPS) is 38.2. The molecule has 0 unspecified atom stereocenters. The van der Waals surface area contributed by atoms with Crippen LogP contribution in [-0.4, -0.2) is 23.3 Å². The molecule has 0 saturated carbocycles. The monoisotopic (exact) mass is 198 g/mol. The van der Waals surface area contributed by atoms with Gasteiger partial charge in [0.2, 0.25) is 0 Å². The minimum atomic E-state index is -1.09. The number of ether oxygens (including phenoxy) is 1. The molecule has 0 amide bonds. The van der Waals surface area contributed by atoms with E-state index in [1.807, 2.05) is 20.8 Å². The van der Waals surface area contributed by atoms with Crippen LogP contribution in [0.15, 0.2) is 12.7 Å². The number of esters is 1. The first-order valence-electron chi connectivity index (χ1n) is 4.75. The Morgan fingerprint density at radius 2 is 2.07 bits per heavy atom. The highest BCUT2D eigenvalue weighted by atomic mass is 16.6. The standard InChI is InChI=1S/C11H18O3/c1-6-11(5)7(12)8(13)14-9(11)10(2,3)4/h6-7,9,12H,1H2,2-5H3/t7-,9+,11-/m0/s1. The van der Waals surface area contributed by atoms with Crippen LogP contribution in [0.3, 0.4) is 0 Å². The summed E-state index contributed by atoms with van der Waals surface area (Å²) in [5, 5.41) is 9.70. The Balaban J connectivity index is 3.10. The lowest BCUT2D eigenvalue weighted by Crippen LogP contribution is -2.42. The molecule has 0 aliphatic carbocycles. The molecule has 1 saturated heterocycles. The second kappa shape index (κ2) is 3.09. The molecule has 1 aliphatic rings. The van der Waals surface area contributed by atoms with Crippen molar-refractivity contribution in [2.24, 2.45) is 10.8 Å². The van der Waals surface area contributed by atoms with E-state index in [0.717, 1.165) is 0 Å². The van der Waals surface area contributed by atoms with Gasteiger partial charge >= 0.3 is 5.97 Å². The molecule has 0 bridgehead atoms. The first-order valence-corrected chi connectivity index (χ1v) is 4.75. The first kappa shape index (κ1) is 11.2. The fourth-order valence-corrected chi connectivity index (χ4v) is 2.03. The van der Waals surface area contributed by atoms with Gasteiger partial charge in [-0.25, -0.2) is 4.79 Å². The van der Waals surface area contributed by atoms with Crippen LogP contribution in [0.5, 0.6) is 0 Å². The topological polar surface area (TPSA) is 46.5 Å². The third-order valence-electron chi connectivity index (χ3n) is 2.84. The molecule has 3 atom stereocenters. The van der Waals surface area contributed by atoms with E-state index in [4.69, 9.17) is 4.74 Å². The van der Waals surface area contributed by atoms with Gasteiger partial charge in [0.05, 0.1) is 5.41 Å². The fourth-order valence-electron chi connectivity index (χ4n) is 2.03. The minimum Gasteiger partial charge on any atom is -0.459 e. The zero-order chi connectivity index (χ0) is 11.1. The highest BCUT2D eigenvalue weighted by Gasteiger charge is 2.55. The summed E-state index contributed by atoms with van der Waals surface area (Å²) in [6.07, 6.45) is 0.192. The number of rotatable bonds is 1. The molecule has 1 N–H and O–H groups in total. The average Bonchev–Trinajstić information content (AvgIpc) is 2.30. The minimum absolute atomic E-state index is 0.198. The van der Waals surface area contributed by atoms with Crippen LogP contribution in [0.25, 0.3) is 0 Å². The zero-order valence-electron chi connectivity index (χ0n) is 9.20. The van der Waals surface area contributed by atoms with Crippen molar-refractivity contribution < 1.29 is 14.6 Å². The number of cyclic esters (lactones) is 1. The van der Waals surface area contributed by atoms with E-state index in [9.17, 15) is 9.90 Å². The number of aliphatic hydroxyl groups excluding tert-OH is 1. The summed E-state index contributed by atoms with van der Waals surface area (Å²) in [7, 11) is 0. The van der Waals surface area contributed by atoms with Gasteiger partial charge in [-0.2, -0.15) is 0 Å². The zero-order valence-corrected chi connectivity index (χ0v) is 9.20. The maximum Gasteiger partial charge on any atom is 0.336 e. The van der Waals surface area contributed by atoms with E-state index in [-0.39, 0.29) is 11.5 Å². The van der Waals surface area contributed by atoms with Crippen LogP contribution < -0.4 is 0 Å². The third kappa shape index (κ3) is 1.46. The summed E-state index contributed by atoms with van der Waals surface area (Å²) in [5.74, 6) is -0.549. The number of hydrogen-bond donors (Lipinski definition) is 1. The summed E-state index contributed by atoms with van der Waals surface area (Å²) in [4.78, 5) is 11.3. The first-order chi connectivity index (χ1) is 6.23. The van der Waals surface area contributed by atoms with Crippen molar-refractivity contribution in [2.45, 2.75) is 39.9 Å².